The van der Waals surface area contributed by atoms with Crippen molar-refractivity contribution in [2.75, 3.05) is 0 Å². The van der Waals surface area contributed by atoms with Crippen molar-refractivity contribution in [2.24, 2.45) is 0 Å². The molecule has 0 bridgehead atoms. The molecule has 1 saturated heterocycles. The van der Waals surface area contributed by atoms with Crippen LogP contribution in [0.2, 0.25) is 0 Å². The van der Waals surface area contributed by atoms with E-state index in [4.69, 9.17) is 4.42 Å². The lowest BCUT2D eigenvalue weighted by atomic mass is 9.93. The predicted molar refractivity (Wildman–Crippen MR) is 120 cm³/mol. The largest absolute Gasteiger partial charge is 0.507 e. The van der Waals surface area contributed by atoms with Crippen molar-refractivity contribution in [1.29, 1.82) is 0 Å². The fourth-order valence-electron chi connectivity index (χ4n) is 3.95. The highest BCUT2D eigenvalue weighted by Crippen LogP contribution is 2.41. The highest BCUT2D eigenvalue weighted by atomic mass is 16.6. The Morgan fingerprint density at radius 1 is 1.12 bits per heavy atom. The molecule has 8 heteroatoms. The summed E-state index contributed by atoms with van der Waals surface area (Å²) in [6.45, 7) is 4.14. The van der Waals surface area contributed by atoms with Crippen LogP contribution in [0.3, 0.4) is 0 Å². The van der Waals surface area contributed by atoms with Gasteiger partial charge >= 0.3 is 0 Å². The molecule has 1 fully saturated rings. The number of likely N-dealkylation sites (tertiary alicyclic amines) is 1. The monoisotopic (exact) mass is 446 g/mol. The predicted octanol–water partition coefficient (Wildman–Crippen LogP) is 4.93. The number of Topliss-reactive ketones (excluding diaryl/α,β-unsaturated/α-hetero) is 1. The summed E-state index contributed by atoms with van der Waals surface area (Å²) in [6, 6.07) is 15.3. The van der Waals surface area contributed by atoms with E-state index in [1.165, 1.54) is 35.4 Å². The molecule has 1 N–H and O–H groups in total. The van der Waals surface area contributed by atoms with Crippen LogP contribution in [0, 0.1) is 10.1 Å². The van der Waals surface area contributed by atoms with Crippen molar-refractivity contribution in [1.82, 2.24) is 4.90 Å². The van der Waals surface area contributed by atoms with E-state index in [-0.39, 0.29) is 23.4 Å². The molecule has 0 unspecified atom stereocenters. The van der Waals surface area contributed by atoms with Gasteiger partial charge in [-0.1, -0.05) is 50.2 Å². The molecule has 1 atom stereocenters. The Morgan fingerprint density at radius 3 is 2.45 bits per heavy atom. The van der Waals surface area contributed by atoms with E-state index in [1.54, 1.807) is 12.1 Å². The van der Waals surface area contributed by atoms with Crippen LogP contribution in [-0.4, -0.2) is 26.6 Å². The standard InChI is InChI=1S/C25H22N2O6/c1-15(2)16-8-10-17(11-9-16)22-21(23(28)18-5-3-6-19(13-18)27(31)32)24(29)25(30)26(22)14-20-7-4-12-33-20/h3-13,15,22,28H,14H2,1-2H3/b23-21+/t22-/m0/s1. The summed E-state index contributed by atoms with van der Waals surface area (Å²) in [4.78, 5) is 38.0. The number of amides is 1. The van der Waals surface area contributed by atoms with Gasteiger partial charge in [-0.25, -0.2) is 0 Å². The first-order valence-electron chi connectivity index (χ1n) is 10.4. The number of hydrogen-bond donors (Lipinski definition) is 1. The van der Waals surface area contributed by atoms with E-state index in [9.17, 15) is 24.8 Å². The average Bonchev–Trinajstić information content (AvgIpc) is 3.41. The molecule has 1 aliphatic rings. The minimum atomic E-state index is -0.879. The van der Waals surface area contributed by atoms with Gasteiger partial charge in [-0.05, 0) is 29.2 Å². The molecule has 0 radical (unpaired) electrons. The number of carbonyl (C=O) groups is 2. The van der Waals surface area contributed by atoms with Crippen molar-refractivity contribution < 1.29 is 24.0 Å². The van der Waals surface area contributed by atoms with Crippen molar-refractivity contribution in [3.8, 4) is 0 Å². The Balaban J connectivity index is 1.86. The zero-order valence-electron chi connectivity index (χ0n) is 18.1. The van der Waals surface area contributed by atoms with Gasteiger partial charge in [-0.2, -0.15) is 0 Å². The quantitative estimate of drug-likeness (QED) is 0.189. The number of nitro benzene ring substituents is 1. The lowest BCUT2D eigenvalue weighted by Gasteiger charge is -2.25. The van der Waals surface area contributed by atoms with Gasteiger partial charge in [0.25, 0.3) is 17.4 Å². The van der Waals surface area contributed by atoms with E-state index in [1.807, 2.05) is 24.3 Å². The van der Waals surface area contributed by atoms with Crippen LogP contribution in [0.5, 0.6) is 0 Å². The Labute approximate surface area is 189 Å². The third kappa shape index (κ3) is 4.15. The summed E-state index contributed by atoms with van der Waals surface area (Å²) in [6.07, 6.45) is 1.47. The van der Waals surface area contributed by atoms with Gasteiger partial charge < -0.3 is 14.4 Å². The molecule has 1 amide bonds. The molecule has 0 saturated carbocycles. The number of aliphatic hydroxyl groups is 1. The van der Waals surface area contributed by atoms with E-state index >= 15 is 0 Å². The van der Waals surface area contributed by atoms with E-state index < -0.39 is 28.4 Å². The van der Waals surface area contributed by atoms with Crippen molar-refractivity contribution in [2.45, 2.75) is 32.4 Å². The molecule has 0 spiro atoms. The molecule has 4 rings (SSSR count). The molecule has 33 heavy (non-hydrogen) atoms. The first kappa shape index (κ1) is 22.0. The lowest BCUT2D eigenvalue weighted by Crippen LogP contribution is -2.29. The fourth-order valence-corrected chi connectivity index (χ4v) is 3.95. The maximum atomic E-state index is 13.1. The smallest absolute Gasteiger partial charge is 0.296 e. The van der Waals surface area contributed by atoms with Crippen LogP contribution in [-0.2, 0) is 16.1 Å². The Bertz CT molecular complexity index is 1240. The van der Waals surface area contributed by atoms with Gasteiger partial charge in [0.1, 0.15) is 11.5 Å². The summed E-state index contributed by atoms with van der Waals surface area (Å²) >= 11 is 0. The topological polar surface area (TPSA) is 114 Å². The SMILES string of the molecule is CC(C)c1ccc([C@H]2/C(=C(\O)c3cccc([N+](=O)[O-])c3)C(=O)C(=O)N2Cc2ccco2)cc1. The van der Waals surface area contributed by atoms with Gasteiger partial charge in [0.05, 0.1) is 29.3 Å². The van der Waals surface area contributed by atoms with Crippen LogP contribution < -0.4 is 0 Å². The Morgan fingerprint density at radius 2 is 1.85 bits per heavy atom. The van der Waals surface area contributed by atoms with Crippen LogP contribution in [0.4, 0.5) is 5.69 Å². The summed E-state index contributed by atoms with van der Waals surface area (Å²) < 4.78 is 5.38. The maximum absolute atomic E-state index is 13.1. The van der Waals surface area contributed by atoms with Gasteiger partial charge in [-0.3, -0.25) is 19.7 Å². The third-order valence-electron chi connectivity index (χ3n) is 5.70. The van der Waals surface area contributed by atoms with E-state index in [0.717, 1.165) is 5.56 Å². The highest BCUT2D eigenvalue weighted by molar-refractivity contribution is 6.46. The van der Waals surface area contributed by atoms with Gasteiger partial charge in [0.15, 0.2) is 0 Å². The number of nitrogens with zero attached hydrogens (tertiary/aromatic N) is 2. The number of benzene rings is 2. The number of non-ortho nitro benzene ring substituents is 1. The van der Waals surface area contributed by atoms with Crippen LogP contribution >= 0.6 is 0 Å². The molecule has 1 aliphatic heterocycles. The minimum Gasteiger partial charge on any atom is -0.507 e. The second-order valence-electron chi connectivity index (χ2n) is 8.14. The van der Waals surface area contributed by atoms with Crippen molar-refractivity contribution in [3.05, 3.63) is 105 Å². The van der Waals surface area contributed by atoms with Crippen molar-refractivity contribution in [3.63, 3.8) is 0 Å². The summed E-state index contributed by atoms with van der Waals surface area (Å²) in [5.74, 6) is -1.33. The van der Waals surface area contributed by atoms with Crippen LogP contribution in [0.25, 0.3) is 5.76 Å². The van der Waals surface area contributed by atoms with Gasteiger partial charge in [0, 0.05) is 17.7 Å². The van der Waals surface area contributed by atoms with E-state index in [2.05, 4.69) is 13.8 Å². The molecule has 2 heterocycles. The summed E-state index contributed by atoms with van der Waals surface area (Å²) in [7, 11) is 0. The molecule has 1 aromatic heterocycles. The Kier molecular flexibility index (Phi) is 5.83. The normalized spacial score (nSPS) is 17.7. The number of furan rings is 1. The number of rotatable bonds is 6. The average molecular weight is 446 g/mol. The number of carbonyl (C=O) groups excluding carboxylic acids is 2. The zero-order valence-corrected chi connectivity index (χ0v) is 18.1. The van der Waals surface area contributed by atoms with E-state index in [0.29, 0.717) is 17.2 Å². The minimum absolute atomic E-state index is 0.0277. The van der Waals surface area contributed by atoms with Crippen molar-refractivity contribution >= 4 is 23.1 Å². The van der Waals surface area contributed by atoms with Gasteiger partial charge in [-0.15, -0.1) is 0 Å². The number of ketones is 1. The first-order chi connectivity index (χ1) is 15.8. The molecule has 168 valence electrons. The highest BCUT2D eigenvalue weighted by Gasteiger charge is 2.46. The second kappa shape index (κ2) is 8.74. The summed E-state index contributed by atoms with van der Waals surface area (Å²) in [5, 5.41) is 22.3. The second-order valence-corrected chi connectivity index (χ2v) is 8.14. The first-order valence-corrected chi connectivity index (χ1v) is 10.4. The third-order valence-corrected chi connectivity index (χ3v) is 5.70. The number of hydrogen-bond acceptors (Lipinski definition) is 6. The number of aliphatic hydroxyl groups excluding tert-OH is 1. The molecule has 2 aromatic carbocycles. The molecular formula is C25H22N2O6. The summed E-state index contributed by atoms with van der Waals surface area (Å²) in [5.41, 5.74) is 1.45. The number of nitro groups is 1. The zero-order chi connectivity index (χ0) is 23.7. The van der Waals surface area contributed by atoms with Gasteiger partial charge in [0.2, 0.25) is 0 Å². The molecule has 8 nitrogen and oxygen atoms in total. The molecule has 3 aromatic rings. The van der Waals surface area contributed by atoms with Crippen LogP contribution in [0.15, 0.2) is 76.9 Å². The van der Waals surface area contributed by atoms with Crippen LogP contribution in [0.1, 0.15) is 48.3 Å². The fraction of sp³-hybridized carbons (Fsp3) is 0.200. The maximum Gasteiger partial charge on any atom is 0.296 e. The Hall–Kier alpha value is -4.20. The lowest BCUT2D eigenvalue weighted by molar-refractivity contribution is -0.384. The molecule has 0 aliphatic carbocycles. The molecular weight excluding hydrogens is 424 g/mol.